The second-order valence-corrected chi connectivity index (χ2v) is 5.01. The van der Waals surface area contributed by atoms with Crippen molar-refractivity contribution in [1.29, 1.82) is 0 Å². The summed E-state index contributed by atoms with van der Waals surface area (Å²) in [5.74, 6) is 0.457. The van der Waals surface area contributed by atoms with Gasteiger partial charge in [-0.1, -0.05) is 12.1 Å². The highest BCUT2D eigenvalue weighted by molar-refractivity contribution is 5.85. The molecule has 0 radical (unpaired) electrons. The average molecular weight is 330 g/mol. The number of nitrogens with one attached hydrogen (secondary N) is 2. The van der Waals surface area contributed by atoms with E-state index >= 15 is 0 Å². The van der Waals surface area contributed by atoms with Crippen LogP contribution in [-0.4, -0.2) is 37.1 Å². The lowest BCUT2D eigenvalue weighted by Gasteiger charge is -2.10. The molecule has 0 bridgehead atoms. The number of hydrogen-bond acceptors (Lipinski definition) is 5. The highest BCUT2D eigenvalue weighted by Gasteiger charge is 2.16. The third kappa shape index (κ3) is 5.50. The number of carbonyl (C=O) groups is 1. The van der Waals surface area contributed by atoms with Gasteiger partial charge in [0, 0.05) is 12.6 Å². The first-order valence-corrected chi connectivity index (χ1v) is 7.00. The fourth-order valence-corrected chi connectivity index (χ4v) is 2.30. The maximum Gasteiger partial charge on any atom is 0.310 e. The molecule has 7 nitrogen and oxygen atoms in total. The van der Waals surface area contributed by atoms with Crippen molar-refractivity contribution in [3.05, 3.63) is 34.4 Å². The van der Waals surface area contributed by atoms with Crippen LogP contribution in [0.25, 0.3) is 0 Å². The Kier molecular flexibility index (Phi) is 7.62. The van der Waals surface area contributed by atoms with Crippen LogP contribution in [0.3, 0.4) is 0 Å². The molecule has 0 spiro atoms. The number of nitro groups is 1. The van der Waals surface area contributed by atoms with E-state index in [2.05, 4.69) is 10.6 Å². The molecule has 0 aromatic heterocycles. The fourth-order valence-electron chi connectivity index (χ4n) is 2.30. The number of amides is 1. The topological polar surface area (TPSA) is 93.5 Å². The van der Waals surface area contributed by atoms with Crippen molar-refractivity contribution in [3.8, 4) is 5.75 Å². The highest BCUT2D eigenvalue weighted by atomic mass is 35.5. The molecular formula is C14H20ClN3O4. The molecule has 22 heavy (non-hydrogen) atoms. The second kappa shape index (κ2) is 9.22. The van der Waals surface area contributed by atoms with Gasteiger partial charge in [-0.3, -0.25) is 14.9 Å². The SMILES string of the molecule is Cl.O=C(COc1ccccc1[N+](=O)[O-])NCCC1CCNC1. The van der Waals surface area contributed by atoms with E-state index in [0.717, 1.165) is 25.9 Å². The molecule has 1 aromatic carbocycles. The monoisotopic (exact) mass is 329 g/mol. The minimum absolute atomic E-state index is 0. The molecule has 1 aromatic rings. The van der Waals surface area contributed by atoms with Crippen molar-refractivity contribution >= 4 is 24.0 Å². The Bertz CT molecular complexity index is 507. The smallest absolute Gasteiger partial charge is 0.310 e. The largest absolute Gasteiger partial charge is 0.477 e. The summed E-state index contributed by atoms with van der Waals surface area (Å²) >= 11 is 0. The number of nitro benzene ring substituents is 1. The molecule has 1 fully saturated rings. The minimum atomic E-state index is -0.527. The Balaban J connectivity index is 0.00000242. The number of halogens is 1. The molecule has 122 valence electrons. The van der Waals surface area contributed by atoms with Gasteiger partial charge in [-0.05, 0) is 37.9 Å². The van der Waals surface area contributed by atoms with Crippen LogP contribution in [0, 0.1) is 16.0 Å². The molecular weight excluding hydrogens is 310 g/mol. The van der Waals surface area contributed by atoms with Gasteiger partial charge in [0.05, 0.1) is 4.92 Å². The van der Waals surface area contributed by atoms with Gasteiger partial charge in [0.2, 0.25) is 0 Å². The van der Waals surface area contributed by atoms with Crippen LogP contribution in [0.2, 0.25) is 0 Å². The molecule has 1 aliphatic rings. The number of rotatable bonds is 7. The van der Waals surface area contributed by atoms with E-state index in [1.807, 2.05) is 0 Å². The maximum atomic E-state index is 11.6. The van der Waals surface area contributed by atoms with Gasteiger partial charge in [-0.2, -0.15) is 0 Å². The first-order chi connectivity index (χ1) is 10.2. The number of benzene rings is 1. The number of carbonyl (C=O) groups excluding carboxylic acids is 1. The number of nitrogens with zero attached hydrogens (tertiary/aromatic N) is 1. The van der Waals surface area contributed by atoms with E-state index in [-0.39, 0.29) is 36.4 Å². The molecule has 0 aliphatic carbocycles. The van der Waals surface area contributed by atoms with Gasteiger partial charge in [0.25, 0.3) is 5.91 Å². The molecule has 1 atom stereocenters. The van der Waals surface area contributed by atoms with Crippen molar-refractivity contribution in [1.82, 2.24) is 10.6 Å². The second-order valence-electron chi connectivity index (χ2n) is 5.01. The molecule has 1 unspecified atom stereocenters. The molecule has 1 heterocycles. The lowest BCUT2D eigenvalue weighted by molar-refractivity contribution is -0.385. The van der Waals surface area contributed by atoms with E-state index in [9.17, 15) is 14.9 Å². The van der Waals surface area contributed by atoms with E-state index < -0.39 is 4.92 Å². The third-order valence-corrected chi connectivity index (χ3v) is 3.46. The summed E-state index contributed by atoms with van der Waals surface area (Å²) < 4.78 is 5.22. The van der Waals surface area contributed by atoms with E-state index in [4.69, 9.17) is 4.74 Å². The minimum Gasteiger partial charge on any atom is -0.477 e. The Morgan fingerprint density at radius 2 is 2.23 bits per heavy atom. The summed E-state index contributed by atoms with van der Waals surface area (Å²) in [6.45, 7) is 2.43. The predicted molar refractivity (Wildman–Crippen MR) is 84.4 cm³/mol. The Morgan fingerprint density at radius 3 is 2.91 bits per heavy atom. The van der Waals surface area contributed by atoms with E-state index in [1.54, 1.807) is 12.1 Å². The van der Waals surface area contributed by atoms with Crippen LogP contribution < -0.4 is 15.4 Å². The highest BCUT2D eigenvalue weighted by Crippen LogP contribution is 2.25. The molecule has 2 rings (SSSR count). The summed E-state index contributed by atoms with van der Waals surface area (Å²) in [7, 11) is 0. The van der Waals surface area contributed by atoms with Gasteiger partial charge in [-0.15, -0.1) is 12.4 Å². The summed E-state index contributed by atoms with van der Waals surface area (Å²) in [6.07, 6.45) is 2.08. The van der Waals surface area contributed by atoms with Crippen LogP contribution >= 0.6 is 12.4 Å². The van der Waals surface area contributed by atoms with Crippen LogP contribution in [0.5, 0.6) is 5.75 Å². The normalized spacial score (nSPS) is 16.6. The van der Waals surface area contributed by atoms with Gasteiger partial charge in [0.1, 0.15) is 0 Å². The quantitative estimate of drug-likeness (QED) is 0.584. The van der Waals surface area contributed by atoms with Gasteiger partial charge < -0.3 is 15.4 Å². The molecule has 1 saturated heterocycles. The Labute approximate surface area is 135 Å². The number of para-hydroxylation sites is 2. The summed E-state index contributed by atoms with van der Waals surface area (Å²) in [6, 6.07) is 6.02. The van der Waals surface area contributed by atoms with E-state index in [1.165, 1.54) is 12.1 Å². The van der Waals surface area contributed by atoms with Crippen molar-refractivity contribution in [2.75, 3.05) is 26.2 Å². The van der Waals surface area contributed by atoms with Crippen molar-refractivity contribution in [2.24, 2.45) is 5.92 Å². The van der Waals surface area contributed by atoms with E-state index in [0.29, 0.717) is 12.5 Å². The summed E-state index contributed by atoms with van der Waals surface area (Å²) in [5, 5.41) is 16.8. The fraction of sp³-hybridized carbons (Fsp3) is 0.500. The molecule has 1 aliphatic heterocycles. The number of hydrogen-bond donors (Lipinski definition) is 2. The Morgan fingerprint density at radius 1 is 1.45 bits per heavy atom. The first-order valence-electron chi connectivity index (χ1n) is 7.00. The summed E-state index contributed by atoms with van der Waals surface area (Å²) in [4.78, 5) is 21.9. The van der Waals surface area contributed by atoms with Gasteiger partial charge in [-0.25, -0.2) is 0 Å². The maximum absolute atomic E-state index is 11.6. The predicted octanol–water partition coefficient (Wildman–Crippen LogP) is 1.51. The molecule has 0 saturated carbocycles. The number of ether oxygens (including phenoxy) is 1. The van der Waals surface area contributed by atoms with Crippen molar-refractivity contribution < 1.29 is 14.5 Å². The average Bonchev–Trinajstić information content (AvgIpc) is 2.98. The Hall–Kier alpha value is -1.86. The van der Waals surface area contributed by atoms with Crippen LogP contribution in [0.1, 0.15) is 12.8 Å². The van der Waals surface area contributed by atoms with Gasteiger partial charge >= 0.3 is 5.69 Å². The lowest BCUT2D eigenvalue weighted by atomic mass is 10.1. The molecule has 1 amide bonds. The summed E-state index contributed by atoms with van der Waals surface area (Å²) in [5.41, 5.74) is -0.137. The zero-order chi connectivity index (χ0) is 15.1. The van der Waals surface area contributed by atoms with Crippen LogP contribution in [-0.2, 0) is 4.79 Å². The molecule has 2 N–H and O–H groups in total. The van der Waals surface area contributed by atoms with Crippen LogP contribution in [0.4, 0.5) is 5.69 Å². The lowest BCUT2D eigenvalue weighted by Crippen LogP contribution is -2.31. The van der Waals surface area contributed by atoms with Crippen molar-refractivity contribution in [2.45, 2.75) is 12.8 Å². The standard InChI is InChI=1S/C14H19N3O4.ClH/c18-14(16-8-6-11-5-7-15-9-11)10-21-13-4-2-1-3-12(13)17(19)20;/h1-4,11,15H,5-10H2,(H,16,18);1H. The first kappa shape index (κ1) is 18.2. The zero-order valence-electron chi connectivity index (χ0n) is 12.1. The molecule has 8 heteroatoms. The third-order valence-electron chi connectivity index (χ3n) is 3.46. The van der Waals surface area contributed by atoms with Crippen molar-refractivity contribution in [3.63, 3.8) is 0 Å². The zero-order valence-corrected chi connectivity index (χ0v) is 12.9. The van der Waals surface area contributed by atoms with Gasteiger partial charge in [0.15, 0.2) is 12.4 Å². The van der Waals surface area contributed by atoms with Crippen LogP contribution in [0.15, 0.2) is 24.3 Å².